The van der Waals surface area contributed by atoms with Crippen LogP contribution in [0, 0.1) is 0 Å². The van der Waals surface area contributed by atoms with Gasteiger partial charge in [-0.15, -0.1) is 0 Å². The second-order valence-electron chi connectivity index (χ2n) is 5.88. The van der Waals surface area contributed by atoms with Crippen molar-refractivity contribution in [3.05, 3.63) is 29.3 Å². The minimum Gasteiger partial charge on any atom is -0.347 e. The zero-order chi connectivity index (χ0) is 18.2. The average Bonchev–Trinajstić information content (AvgIpc) is 2.70. The molecular weight excluding hydrogens is 334 g/mol. The van der Waals surface area contributed by atoms with E-state index in [-0.39, 0.29) is 28.5 Å². The van der Waals surface area contributed by atoms with Crippen molar-refractivity contribution in [2.24, 2.45) is 0 Å². The Morgan fingerprint density at radius 2 is 1.88 bits per heavy atom. The summed E-state index contributed by atoms with van der Waals surface area (Å²) in [6.45, 7) is 3.00. The molecule has 0 saturated heterocycles. The van der Waals surface area contributed by atoms with Crippen molar-refractivity contribution in [2.45, 2.75) is 24.8 Å². The van der Waals surface area contributed by atoms with Crippen molar-refractivity contribution in [1.29, 1.82) is 0 Å². The van der Waals surface area contributed by atoms with Crippen LogP contribution < -0.4 is 5.32 Å². The van der Waals surface area contributed by atoms with E-state index in [0.717, 1.165) is 4.31 Å². The normalized spacial score (nSPS) is 15.4. The molecule has 1 aliphatic heterocycles. The van der Waals surface area contributed by atoms with Crippen LogP contribution in [0.2, 0.25) is 0 Å². The van der Waals surface area contributed by atoms with Crippen LogP contribution >= 0.6 is 0 Å². The van der Waals surface area contributed by atoms with Gasteiger partial charge in [0.05, 0.1) is 12.1 Å². The Morgan fingerprint density at radius 3 is 2.42 bits per heavy atom. The highest BCUT2D eigenvalue weighted by atomic mass is 32.2. The van der Waals surface area contributed by atoms with Gasteiger partial charge in [0.1, 0.15) is 4.90 Å². The van der Waals surface area contributed by atoms with Gasteiger partial charge in [0.2, 0.25) is 5.91 Å². The number of carbonyl (C=O) groups excluding carboxylic acids is 3. The van der Waals surface area contributed by atoms with Crippen LogP contribution in [-0.4, -0.2) is 62.0 Å². The summed E-state index contributed by atoms with van der Waals surface area (Å²) in [7, 11) is -0.851. The molecule has 1 aliphatic rings. The lowest BCUT2D eigenvalue weighted by Gasteiger charge is -2.18. The number of likely N-dealkylation sites (N-methyl/N-ethyl adjacent to an activating group) is 1. The van der Waals surface area contributed by atoms with Crippen LogP contribution in [0.5, 0.6) is 0 Å². The smallest absolute Gasteiger partial charge is 0.269 e. The SMILES string of the molecule is CC(C)N1C(=O)c2ccc(C(=O)NCC(=O)N(C)C)cc2S1(=O)=O. The molecule has 8 nitrogen and oxygen atoms in total. The number of nitrogens with zero attached hydrogens (tertiary/aromatic N) is 2. The highest BCUT2D eigenvalue weighted by Gasteiger charge is 2.42. The number of hydrogen-bond acceptors (Lipinski definition) is 5. The predicted octanol–water partition coefficient (Wildman–Crippen LogP) is 0.0575. The molecule has 24 heavy (non-hydrogen) atoms. The number of amides is 3. The lowest BCUT2D eigenvalue weighted by Crippen LogP contribution is -2.36. The standard InChI is InChI=1S/C15H19N3O5S/c1-9(2)18-15(21)11-6-5-10(7-12(11)24(18,22)23)14(20)16-8-13(19)17(3)4/h5-7,9H,8H2,1-4H3,(H,16,20). The van der Waals surface area contributed by atoms with Crippen molar-refractivity contribution >= 4 is 27.7 Å². The molecule has 1 aromatic rings. The van der Waals surface area contributed by atoms with E-state index in [0.29, 0.717) is 0 Å². The first-order chi connectivity index (χ1) is 11.1. The van der Waals surface area contributed by atoms with Crippen molar-refractivity contribution < 1.29 is 22.8 Å². The molecule has 0 atom stereocenters. The van der Waals surface area contributed by atoms with Crippen LogP contribution in [0.1, 0.15) is 34.6 Å². The Bertz CT molecular complexity index is 814. The average molecular weight is 353 g/mol. The van der Waals surface area contributed by atoms with Gasteiger partial charge in [-0.3, -0.25) is 14.4 Å². The van der Waals surface area contributed by atoms with Crippen LogP contribution in [0.4, 0.5) is 0 Å². The van der Waals surface area contributed by atoms with Crippen LogP contribution in [-0.2, 0) is 14.8 Å². The minimum atomic E-state index is -3.97. The van der Waals surface area contributed by atoms with E-state index in [9.17, 15) is 22.8 Å². The Labute approximate surface area is 140 Å². The van der Waals surface area contributed by atoms with Crippen molar-refractivity contribution in [3.8, 4) is 0 Å². The summed E-state index contributed by atoms with van der Waals surface area (Å²) < 4.78 is 25.8. The summed E-state index contributed by atoms with van der Waals surface area (Å²) in [5.74, 6) is -1.48. The highest BCUT2D eigenvalue weighted by molar-refractivity contribution is 7.90. The Hall–Kier alpha value is -2.42. The van der Waals surface area contributed by atoms with Crippen LogP contribution in [0.25, 0.3) is 0 Å². The zero-order valence-electron chi connectivity index (χ0n) is 13.9. The Balaban J connectivity index is 2.31. The lowest BCUT2D eigenvalue weighted by molar-refractivity contribution is -0.127. The minimum absolute atomic E-state index is 0.0459. The molecule has 2 rings (SSSR count). The van der Waals surface area contributed by atoms with Crippen molar-refractivity contribution in [2.75, 3.05) is 20.6 Å². The van der Waals surface area contributed by atoms with E-state index in [1.807, 2.05) is 0 Å². The molecule has 130 valence electrons. The van der Waals surface area contributed by atoms with E-state index in [4.69, 9.17) is 0 Å². The fourth-order valence-electron chi connectivity index (χ4n) is 2.32. The largest absolute Gasteiger partial charge is 0.347 e. The molecule has 1 aromatic carbocycles. The van der Waals surface area contributed by atoms with Gasteiger partial charge in [-0.1, -0.05) is 0 Å². The topological polar surface area (TPSA) is 104 Å². The molecule has 1 heterocycles. The first kappa shape index (κ1) is 17.9. The molecule has 0 bridgehead atoms. The van der Waals surface area contributed by atoms with Gasteiger partial charge in [-0.25, -0.2) is 12.7 Å². The maximum absolute atomic E-state index is 12.5. The summed E-state index contributed by atoms with van der Waals surface area (Å²) in [5, 5.41) is 2.42. The first-order valence-corrected chi connectivity index (χ1v) is 8.72. The number of sulfonamides is 1. The number of carbonyl (C=O) groups is 3. The fraction of sp³-hybridized carbons (Fsp3) is 0.400. The number of rotatable bonds is 4. The van der Waals surface area contributed by atoms with Gasteiger partial charge in [0, 0.05) is 25.7 Å². The molecule has 3 amide bonds. The van der Waals surface area contributed by atoms with Crippen LogP contribution in [0.15, 0.2) is 23.1 Å². The van der Waals surface area contributed by atoms with Gasteiger partial charge >= 0.3 is 0 Å². The Kier molecular flexibility index (Phi) is 4.66. The second kappa shape index (κ2) is 6.23. The van der Waals surface area contributed by atoms with Gasteiger partial charge in [0.25, 0.3) is 21.8 Å². The number of fused-ring (bicyclic) bond motifs is 1. The molecule has 1 N–H and O–H groups in total. The summed E-state index contributed by atoms with van der Waals surface area (Å²) in [4.78, 5) is 37.0. The number of benzene rings is 1. The third kappa shape index (κ3) is 2.99. The third-order valence-electron chi connectivity index (χ3n) is 3.58. The number of nitrogens with one attached hydrogen (secondary N) is 1. The lowest BCUT2D eigenvalue weighted by atomic mass is 10.1. The van der Waals surface area contributed by atoms with E-state index >= 15 is 0 Å². The molecule has 0 unspecified atom stereocenters. The molecule has 0 aromatic heterocycles. The van der Waals surface area contributed by atoms with Gasteiger partial charge in [-0.2, -0.15) is 0 Å². The molecule has 0 spiro atoms. The van der Waals surface area contributed by atoms with Crippen LogP contribution in [0.3, 0.4) is 0 Å². The first-order valence-electron chi connectivity index (χ1n) is 7.28. The van der Waals surface area contributed by atoms with E-state index < -0.39 is 27.9 Å². The van der Waals surface area contributed by atoms with E-state index in [1.165, 1.54) is 23.1 Å². The van der Waals surface area contributed by atoms with Gasteiger partial charge in [0.15, 0.2) is 0 Å². The van der Waals surface area contributed by atoms with Crippen molar-refractivity contribution in [1.82, 2.24) is 14.5 Å². The van der Waals surface area contributed by atoms with Gasteiger partial charge in [-0.05, 0) is 32.0 Å². The highest BCUT2D eigenvalue weighted by Crippen LogP contribution is 2.32. The maximum atomic E-state index is 12.5. The fourth-order valence-corrected chi connectivity index (χ4v) is 4.11. The summed E-state index contributed by atoms with van der Waals surface area (Å²) in [5.41, 5.74) is 0.118. The molecular formula is C15H19N3O5S. The second-order valence-corrected chi connectivity index (χ2v) is 7.66. The molecule has 0 saturated carbocycles. The monoisotopic (exact) mass is 353 g/mol. The third-order valence-corrected chi connectivity index (χ3v) is 5.58. The molecule has 0 radical (unpaired) electrons. The zero-order valence-corrected chi connectivity index (χ0v) is 14.7. The molecule has 0 fully saturated rings. The number of hydrogen-bond donors (Lipinski definition) is 1. The summed E-state index contributed by atoms with van der Waals surface area (Å²) >= 11 is 0. The molecule has 9 heteroatoms. The van der Waals surface area contributed by atoms with Gasteiger partial charge < -0.3 is 10.2 Å². The summed E-state index contributed by atoms with van der Waals surface area (Å²) in [6.07, 6.45) is 0. The maximum Gasteiger partial charge on any atom is 0.269 e. The Morgan fingerprint density at radius 1 is 1.25 bits per heavy atom. The quantitative estimate of drug-likeness (QED) is 0.824. The summed E-state index contributed by atoms with van der Waals surface area (Å²) in [6, 6.07) is 3.33. The van der Waals surface area contributed by atoms with Crippen molar-refractivity contribution in [3.63, 3.8) is 0 Å². The van der Waals surface area contributed by atoms with E-state index in [1.54, 1.807) is 27.9 Å². The van der Waals surface area contributed by atoms with E-state index in [2.05, 4.69) is 5.32 Å². The molecule has 0 aliphatic carbocycles. The predicted molar refractivity (Wildman–Crippen MR) is 86.0 cm³/mol.